The number of thioether (sulfide) groups is 1. The molecule has 22 heavy (non-hydrogen) atoms. The van der Waals surface area contributed by atoms with Crippen LogP contribution in [-0.4, -0.2) is 27.8 Å². The van der Waals surface area contributed by atoms with Crippen LogP contribution in [0, 0.1) is 19.7 Å². The number of halogens is 1. The average Bonchev–Trinajstić information content (AvgIpc) is 2.46. The predicted octanol–water partition coefficient (Wildman–Crippen LogP) is 2.47. The van der Waals surface area contributed by atoms with Crippen LogP contribution in [0.2, 0.25) is 0 Å². The van der Waals surface area contributed by atoms with Gasteiger partial charge in [0, 0.05) is 11.4 Å². The van der Waals surface area contributed by atoms with Gasteiger partial charge in [0.15, 0.2) is 5.16 Å². The fourth-order valence-corrected chi connectivity index (χ4v) is 2.39. The van der Waals surface area contributed by atoms with E-state index in [1.165, 1.54) is 30.1 Å². The van der Waals surface area contributed by atoms with Gasteiger partial charge in [-0.25, -0.2) is 19.8 Å². The number of nitrogens with one attached hydrogen (secondary N) is 1. The summed E-state index contributed by atoms with van der Waals surface area (Å²) in [6, 6.07) is 7.68. The molecule has 0 saturated heterocycles. The molecule has 5 nitrogen and oxygen atoms in total. The van der Waals surface area contributed by atoms with Crippen LogP contribution in [-0.2, 0) is 4.79 Å². The molecule has 0 unspecified atom stereocenters. The van der Waals surface area contributed by atoms with Gasteiger partial charge in [-0.15, -0.1) is 0 Å². The number of hydrogen-bond acceptors (Lipinski definition) is 5. The average molecular weight is 318 g/mol. The van der Waals surface area contributed by atoms with Crippen LogP contribution in [0.25, 0.3) is 0 Å². The van der Waals surface area contributed by atoms with Crippen molar-refractivity contribution in [1.82, 2.24) is 15.4 Å². The van der Waals surface area contributed by atoms with Crippen molar-refractivity contribution < 1.29 is 9.18 Å². The van der Waals surface area contributed by atoms with Gasteiger partial charge in [0.25, 0.3) is 5.91 Å². The van der Waals surface area contributed by atoms with Crippen LogP contribution < -0.4 is 5.43 Å². The number of aromatic nitrogens is 2. The summed E-state index contributed by atoms with van der Waals surface area (Å²) in [5.41, 5.74) is 4.84. The number of carbonyl (C=O) groups is 1. The molecule has 1 N–H and O–H groups in total. The van der Waals surface area contributed by atoms with Gasteiger partial charge in [0.1, 0.15) is 5.82 Å². The van der Waals surface area contributed by atoms with Crippen LogP contribution in [0.4, 0.5) is 4.39 Å². The smallest absolute Gasteiger partial charge is 0.250 e. The molecule has 1 aromatic heterocycles. The van der Waals surface area contributed by atoms with Crippen molar-refractivity contribution in [2.45, 2.75) is 19.0 Å². The highest BCUT2D eigenvalue weighted by molar-refractivity contribution is 7.99. The Morgan fingerprint density at radius 2 is 1.91 bits per heavy atom. The van der Waals surface area contributed by atoms with E-state index < -0.39 is 0 Å². The SMILES string of the molecule is Cc1cc(C)nc(SCC(=O)NN=Cc2ccc(F)cc2)n1. The molecule has 2 aromatic rings. The molecule has 1 aromatic carbocycles. The second kappa shape index (κ2) is 7.65. The highest BCUT2D eigenvalue weighted by Crippen LogP contribution is 2.13. The topological polar surface area (TPSA) is 67.2 Å². The Labute approximate surface area is 132 Å². The first-order valence-electron chi connectivity index (χ1n) is 6.55. The summed E-state index contributed by atoms with van der Waals surface area (Å²) >= 11 is 1.25. The van der Waals surface area contributed by atoms with Gasteiger partial charge < -0.3 is 0 Å². The Hall–Kier alpha value is -2.28. The highest BCUT2D eigenvalue weighted by atomic mass is 32.2. The number of benzene rings is 1. The summed E-state index contributed by atoms with van der Waals surface area (Å²) < 4.78 is 12.7. The maximum absolute atomic E-state index is 12.7. The Kier molecular flexibility index (Phi) is 5.60. The zero-order valence-corrected chi connectivity index (χ0v) is 13.0. The molecule has 0 aliphatic heterocycles. The van der Waals surface area contributed by atoms with Crippen molar-refractivity contribution in [3.8, 4) is 0 Å². The van der Waals surface area contributed by atoms with Crippen molar-refractivity contribution >= 4 is 23.9 Å². The molecule has 7 heteroatoms. The fraction of sp³-hybridized carbons (Fsp3) is 0.200. The van der Waals surface area contributed by atoms with Crippen LogP contribution >= 0.6 is 11.8 Å². The van der Waals surface area contributed by atoms with Gasteiger partial charge >= 0.3 is 0 Å². The Morgan fingerprint density at radius 1 is 1.27 bits per heavy atom. The number of hydrogen-bond donors (Lipinski definition) is 1. The second-order valence-corrected chi connectivity index (χ2v) is 5.51. The zero-order valence-electron chi connectivity index (χ0n) is 12.2. The fourth-order valence-electron chi connectivity index (χ4n) is 1.65. The minimum Gasteiger partial charge on any atom is -0.272 e. The molecule has 0 bridgehead atoms. The molecule has 0 saturated carbocycles. The van der Waals surface area contributed by atoms with E-state index in [-0.39, 0.29) is 17.5 Å². The summed E-state index contributed by atoms with van der Waals surface area (Å²) in [6.45, 7) is 3.76. The third-order valence-electron chi connectivity index (χ3n) is 2.57. The van der Waals surface area contributed by atoms with Crippen molar-refractivity contribution in [2.75, 3.05) is 5.75 Å². The van der Waals surface area contributed by atoms with Gasteiger partial charge in [0.2, 0.25) is 0 Å². The summed E-state index contributed by atoms with van der Waals surface area (Å²) in [7, 11) is 0. The first-order chi connectivity index (χ1) is 10.5. The van der Waals surface area contributed by atoms with Crippen molar-refractivity contribution in [3.05, 3.63) is 53.1 Å². The van der Waals surface area contributed by atoms with Crippen molar-refractivity contribution in [1.29, 1.82) is 0 Å². The first kappa shape index (κ1) is 16.1. The van der Waals surface area contributed by atoms with Gasteiger partial charge in [-0.2, -0.15) is 5.10 Å². The maximum atomic E-state index is 12.7. The molecular weight excluding hydrogens is 303 g/mol. The summed E-state index contributed by atoms with van der Waals surface area (Å²) in [6.07, 6.45) is 1.45. The molecule has 0 radical (unpaired) electrons. The van der Waals surface area contributed by atoms with Crippen LogP contribution in [0.1, 0.15) is 17.0 Å². The lowest BCUT2D eigenvalue weighted by molar-refractivity contribution is -0.118. The number of carbonyl (C=O) groups excluding carboxylic acids is 1. The van der Waals surface area contributed by atoms with E-state index in [4.69, 9.17) is 0 Å². The molecule has 0 fully saturated rings. The molecular formula is C15H15FN4OS. The summed E-state index contributed by atoms with van der Waals surface area (Å²) in [4.78, 5) is 20.1. The van der Waals surface area contributed by atoms with Gasteiger partial charge in [-0.1, -0.05) is 23.9 Å². The first-order valence-corrected chi connectivity index (χ1v) is 7.54. The molecule has 114 valence electrons. The van der Waals surface area contributed by atoms with Crippen LogP contribution in [0.3, 0.4) is 0 Å². The van der Waals surface area contributed by atoms with E-state index in [2.05, 4.69) is 20.5 Å². The second-order valence-electron chi connectivity index (χ2n) is 4.57. The van der Waals surface area contributed by atoms with E-state index in [9.17, 15) is 9.18 Å². The number of aryl methyl sites for hydroxylation is 2. The van der Waals surface area contributed by atoms with Crippen molar-refractivity contribution in [3.63, 3.8) is 0 Å². The van der Waals surface area contributed by atoms with Gasteiger partial charge in [-0.05, 0) is 37.6 Å². The lowest BCUT2D eigenvalue weighted by atomic mass is 10.2. The minimum absolute atomic E-state index is 0.170. The Balaban J connectivity index is 1.81. The van der Waals surface area contributed by atoms with Gasteiger partial charge in [-0.3, -0.25) is 4.79 Å². The summed E-state index contributed by atoms with van der Waals surface area (Å²) in [5.74, 6) is -0.402. The van der Waals surface area contributed by atoms with E-state index in [0.717, 1.165) is 11.4 Å². The number of hydrazone groups is 1. The number of nitrogens with zero attached hydrogens (tertiary/aromatic N) is 3. The van der Waals surface area contributed by atoms with Crippen molar-refractivity contribution in [2.24, 2.45) is 5.10 Å². The molecule has 1 amide bonds. The Bertz CT molecular complexity index is 668. The van der Waals surface area contributed by atoms with Gasteiger partial charge in [0.05, 0.1) is 12.0 Å². The molecule has 2 rings (SSSR count). The molecule has 1 heterocycles. The molecule has 0 aliphatic rings. The lowest BCUT2D eigenvalue weighted by Gasteiger charge is -2.02. The molecule has 0 aliphatic carbocycles. The number of rotatable bonds is 5. The largest absolute Gasteiger partial charge is 0.272 e. The standard InChI is InChI=1S/C15H15FN4OS/c1-10-7-11(2)19-15(18-10)22-9-14(21)20-17-8-12-3-5-13(16)6-4-12/h3-8H,9H2,1-2H3,(H,20,21). The van der Waals surface area contributed by atoms with E-state index >= 15 is 0 Å². The third kappa shape index (κ3) is 5.25. The predicted molar refractivity (Wildman–Crippen MR) is 84.4 cm³/mol. The summed E-state index contributed by atoms with van der Waals surface area (Å²) in [5, 5.41) is 4.38. The minimum atomic E-state index is -0.314. The van der Waals surface area contributed by atoms with E-state index in [1.807, 2.05) is 19.9 Å². The maximum Gasteiger partial charge on any atom is 0.250 e. The molecule has 0 spiro atoms. The third-order valence-corrected chi connectivity index (χ3v) is 3.41. The zero-order chi connectivity index (χ0) is 15.9. The Morgan fingerprint density at radius 3 is 2.55 bits per heavy atom. The molecule has 0 atom stereocenters. The highest BCUT2D eigenvalue weighted by Gasteiger charge is 2.05. The normalized spacial score (nSPS) is 10.9. The van der Waals surface area contributed by atoms with Crippen LogP contribution in [0.5, 0.6) is 0 Å². The monoisotopic (exact) mass is 318 g/mol. The van der Waals surface area contributed by atoms with E-state index in [1.54, 1.807) is 12.1 Å². The number of amides is 1. The lowest BCUT2D eigenvalue weighted by Crippen LogP contribution is -2.19. The van der Waals surface area contributed by atoms with Crippen LogP contribution in [0.15, 0.2) is 40.6 Å². The van der Waals surface area contributed by atoms with E-state index in [0.29, 0.717) is 10.7 Å². The quantitative estimate of drug-likeness (QED) is 0.398.